The summed E-state index contributed by atoms with van der Waals surface area (Å²) in [7, 11) is 0. The minimum Gasteiger partial charge on any atom is -0.460 e. The molecule has 0 saturated heterocycles. The van der Waals surface area contributed by atoms with Gasteiger partial charge in [-0.15, -0.1) is 11.3 Å². The molecule has 0 aliphatic rings. The molecule has 2 aromatic carbocycles. The maximum atomic E-state index is 6.22. The molecule has 6 aromatic rings. The van der Waals surface area contributed by atoms with E-state index in [-0.39, 0.29) is 5.41 Å². The molecule has 0 aliphatic heterocycles. The van der Waals surface area contributed by atoms with E-state index < -0.39 is 0 Å². The van der Waals surface area contributed by atoms with Crippen LogP contribution < -0.4 is 0 Å². The van der Waals surface area contributed by atoms with E-state index in [1.54, 1.807) is 17.6 Å². The fraction of sp³-hybridized carbons (Fsp3) is 0.160. The number of furan rings is 2. The Labute approximate surface area is 171 Å². The molecule has 4 heterocycles. The minimum atomic E-state index is 0.0474. The number of nitrogens with zero attached hydrogens (tertiary/aromatic N) is 1. The van der Waals surface area contributed by atoms with Crippen LogP contribution in [0.15, 0.2) is 69.1 Å². The lowest BCUT2D eigenvalue weighted by Crippen LogP contribution is -2.11. The first-order valence-corrected chi connectivity index (χ1v) is 10.6. The molecule has 0 bridgehead atoms. The van der Waals surface area contributed by atoms with Gasteiger partial charge in [-0.1, -0.05) is 26.8 Å². The van der Waals surface area contributed by atoms with E-state index in [0.29, 0.717) is 0 Å². The molecule has 0 spiro atoms. The molecular weight excluding hydrogens is 378 g/mol. The van der Waals surface area contributed by atoms with Crippen LogP contribution in [0, 0.1) is 0 Å². The monoisotopic (exact) mass is 397 g/mol. The third-order valence-electron chi connectivity index (χ3n) is 5.60. The predicted octanol–water partition coefficient (Wildman–Crippen LogP) is 7.91. The van der Waals surface area contributed by atoms with Gasteiger partial charge in [-0.25, -0.2) is 0 Å². The van der Waals surface area contributed by atoms with Gasteiger partial charge in [0.2, 0.25) is 0 Å². The molecule has 0 amide bonds. The first-order chi connectivity index (χ1) is 14.0. The molecule has 0 unspecified atom stereocenters. The molecule has 0 N–H and O–H groups in total. The van der Waals surface area contributed by atoms with Gasteiger partial charge in [0.15, 0.2) is 11.2 Å². The molecule has 0 fully saturated rings. The summed E-state index contributed by atoms with van der Waals surface area (Å²) in [6.07, 6.45) is 3.53. The molecule has 4 heteroatoms. The molecule has 0 atom stereocenters. The second-order valence-electron chi connectivity index (χ2n) is 8.53. The van der Waals surface area contributed by atoms with Crippen molar-refractivity contribution in [3.63, 3.8) is 0 Å². The summed E-state index contributed by atoms with van der Waals surface area (Å²) in [5, 5.41) is 6.54. The summed E-state index contributed by atoms with van der Waals surface area (Å²) in [6.45, 7) is 6.79. The van der Waals surface area contributed by atoms with Crippen LogP contribution >= 0.6 is 11.3 Å². The number of pyridine rings is 1. The van der Waals surface area contributed by atoms with Crippen molar-refractivity contribution in [1.29, 1.82) is 0 Å². The summed E-state index contributed by atoms with van der Waals surface area (Å²) < 4.78 is 13.3. The molecule has 4 aromatic heterocycles. The third kappa shape index (κ3) is 2.39. The van der Waals surface area contributed by atoms with Crippen molar-refractivity contribution in [3.8, 4) is 11.3 Å². The van der Waals surface area contributed by atoms with E-state index in [4.69, 9.17) is 13.8 Å². The van der Waals surface area contributed by atoms with Gasteiger partial charge in [0.1, 0.15) is 5.58 Å². The normalized spacial score (nSPS) is 12.7. The number of thiophene rings is 1. The summed E-state index contributed by atoms with van der Waals surface area (Å²) in [6, 6.07) is 14.8. The van der Waals surface area contributed by atoms with Crippen molar-refractivity contribution in [2.45, 2.75) is 26.2 Å². The molecule has 6 rings (SSSR count). The topological polar surface area (TPSA) is 39.2 Å². The van der Waals surface area contributed by atoms with Crippen LogP contribution in [-0.2, 0) is 5.41 Å². The Kier molecular flexibility index (Phi) is 3.31. The first-order valence-electron chi connectivity index (χ1n) is 9.70. The van der Waals surface area contributed by atoms with Gasteiger partial charge in [-0.2, -0.15) is 0 Å². The van der Waals surface area contributed by atoms with E-state index in [9.17, 15) is 0 Å². The van der Waals surface area contributed by atoms with Gasteiger partial charge in [0, 0.05) is 27.2 Å². The maximum absolute atomic E-state index is 6.22. The SMILES string of the molecule is CC(C)(C)c1cc(-c2nccc3oc4c(ccc5ccoc54)c23)cc2ccsc12. The van der Waals surface area contributed by atoms with Crippen molar-refractivity contribution in [3.05, 3.63) is 65.9 Å². The van der Waals surface area contributed by atoms with Crippen molar-refractivity contribution >= 4 is 54.3 Å². The van der Waals surface area contributed by atoms with Gasteiger partial charge in [-0.05, 0) is 58.1 Å². The zero-order chi connectivity index (χ0) is 19.8. The standard InChI is InChI=1S/C25H19NO2S/c1-25(2,3)18-13-16(12-15-8-11-29-24(15)18)21-20-17-5-4-14-7-10-27-22(14)23(17)28-19(20)6-9-26-21/h4-13H,1-3H3. The number of hydrogen-bond donors (Lipinski definition) is 0. The highest BCUT2D eigenvalue weighted by molar-refractivity contribution is 7.17. The Morgan fingerprint density at radius 1 is 0.931 bits per heavy atom. The largest absolute Gasteiger partial charge is 0.460 e. The zero-order valence-corrected chi connectivity index (χ0v) is 17.3. The molecule has 0 saturated carbocycles. The third-order valence-corrected chi connectivity index (χ3v) is 6.57. The Morgan fingerprint density at radius 3 is 2.69 bits per heavy atom. The van der Waals surface area contributed by atoms with Gasteiger partial charge in [0.25, 0.3) is 0 Å². The van der Waals surface area contributed by atoms with E-state index in [1.807, 2.05) is 18.3 Å². The van der Waals surface area contributed by atoms with Crippen LogP contribution in [0.4, 0.5) is 0 Å². The average molecular weight is 397 g/mol. The Bertz CT molecular complexity index is 1540. The van der Waals surface area contributed by atoms with Crippen molar-refractivity contribution < 1.29 is 8.83 Å². The van der Waals surface area contributed by atoms with E-state index >= 15 is 0 Å². The van der Waals surface area contributed by atoms with Gasteiger partial charge < -0.3 is 8.83 Å². The van der Waals surface area contributed by atoms with Gasteiger partial charge in [0.05, 0.1) is 17.3 Å². The number of fused-ring (bicyclic) bond motifs is 6. The van der Waals surface area contributed by atoms with E-state index in [0.717, 1.165) is 44.2 Å². The molecular formula is C25H19NO2S. The van der Waals surface area contributed by atoms with Crippen LogP contribution in [-0.4, -0.2) is 4.98 Å². The lowest BCUT2D eigenvalue weighted by molar-refractivity contribution is 0.597. The van der Waals surface area contributed by atoms with E-state index in [2.05, 4.69) is 56.5 Å². The van der Waals surface area contributed by atoms with Crippen LogP contribution in [0.25, 0.3) is 54.3 Å². The van der Waals surface area contributed by atoms with E-state index in [1.165, 1.54) is 15.6 Å². The average Bonchev–Trinajstić information content (AvgIpc) is 3.42. The fourth-order valence-corrected chi connectivity index (χ4v) is 5.30. The number of aromatic nitrogens is 1. The molecule has 0 radical (unpaired) electrons. The highest BCUT2D eigenvalue weighted by Gasteiger charge is 2.22. The highest BCUT2D eigenvalue weighted by atomic mass is 32.1. The summed E-state index contributed by atoms with van der Waals surface area (Å²) >= 11 is 1.80. The molecule has 0 aliphatic carbocycles. The Hall–Kier alpha value is -3.11. The lowest BCUT2D eigenvalue weighted by Gasteiger charge is -2.21. The summed E-state index contributed by atoms with van der Waals surface area (Å²) in [5.74, 6) is 0. The van der Waals surface area contributed by atoms with Crippen LogP contribution in [0.3, 0.4) is 0 Å². The fourth-order valence-electron chi connectivity index (χ4n) is 4.20. The number of rotatable bonds is 1. The lowest BCUT2D eigenvalue weighted by atomic mass is 9.85. The van der Waals surface area contributed by atoms with Gasteiger partial charge >= 0.3 is 0 Å². The minimum absolute atomic E-state index is 0.0474. The van der Waals surface area contributed by atoms with Crippen LogP contribution in [0.2, 0.25) is 0 Å². The van der Waals surface area contributed by atoms with Crippen molar-refractivity contribution in [2.75, 3.05) is 0 Å². The summed E-state index contributed by atoms with van der Waals surface area (Å²) in [4.78, 5) is 4.79. The molecule has 29 heavy (non-hydrogen) atoms. The van der Waals surface area contributed by atoms with Crippen molar-refractivity contribution in [2.24, 2.45) is 0 Å². The number of hydrogen-bond acceptors (Lipinski definition) is 4. The van der Waals surface area contributed by atoms with Gasteiger partial charge in [-0.3, -0.25) is 4.98 Å². The van der Waals surface area contributed by atoms with Crippen LogP contribution in [0.5, 0.6) is 0 Å². The quantitative estimate of drug-likeness (QED) is 0.283. The maximum Gasteiger partial charge on any atom is 0.178 e. The Morgan fingerprint density at radius 2 is 1.83 bits per heavy atom. The predicted molar refractivity (Wildman–Crippen MR) is 121 cm³/mol. The Balaban J connectivity index is 1.73. The van der Waals surface area contributed by atoms with Crippen LogP contribution in [0.1, 0.15) is 26.3 Å². The highest BCUT2D eigenvalue weighted by Crippen LogP contribution is 2.42. The second kappa shape index (κ2) is 5.71. The molecule has 3 nitrogen and oxygen atoms in total. The molecule has 142 valence electrons. The first kappa shape index (κ1) is 16.8. The second-order valence-corrected chi connectivity index (χ2v) is 9.44. The van der Waals surface area contributed by atoms with Crippen molar-refractivity contribution in [1.82, 2.24) is 4.98 Å². The summed E-state index contributed by atoms with van der Waals surface area (Å²) in [5.41, 5.74) is 5.86. The zero-order valence-electron chi connectivity index (χ0n) is 16.4. The number of benzene rings is 2. The smallest absolute Gasteiger partial charge is 0.178 e.